The van der Waals surface area contributed by atoms with Crippen LogP contribution in [0, 0.1) is 11.8 Å². The van der Waals surface area contributed by atoms with Gasteiger partial charge in [0.15, 0.2) is 0 Å². The van der Waals surface area contributed by atoms with Crippen LogP contribution in [0.15, 0.2) is 0 Å². The summed E-state index contributed by atoms with van der Waals surface area (Å²) >= 11 is 0. The second-order valence-corrected chi connectivity index (χ2v) is 5.72. The Kier molecular flexibility index (Phi) is 1.45. The average molecular weight is 181 g/mol. The van der Waals surface area contributed by atoms with Crippen molar-refractivity contribution in [3.8, 4) is 0 Å². The summed E-state index contributed by atoms with van der Waals surface area (Å²) in [4.78, 5) is 0. The normalized spacial score (nSPS) is 58.6. The summed E-state index contributed by atoms with van der Waals surface area (Å²) in [5.74, 6) is 1.61. The summed E-state index contributed by atoms with van der Waals surface area (Å²) in [6, 6.07) is 0. The summed E-state index contributed by atoms with van der Waals surface area (Å²) in [5.41, 5.74) is 0.00588. The van der Waals surface area contributed by atoms with Gasteiger partial charge in [-0.1, -0.05) is 0 Å². The Morgan fingerprint density at radius 3 is 2.23 bits per heavy atom. The van der Waals surface area contributed by atoms with Gasteiger partial charge in [-0.3, -0.25) is 0 Å². The lowest BCUT2D eigenvalue weighted by molar-refractivity contribution is -0.140. The predicted molar refractivity (Wildman–Crippen MR) is 51.4 cm³/mol. The van der Waals surface area contributed by atoms with Crippen LogP contribution >= 0.6 is 0 Å². The Morgan fingerprint density at radius 2 is 1.77 bits per heavy atom. The van der Waals surface area contributed by atoms with Crippen molar-refractivity contribution in [2.45, 2.75) is 49.7 Å². The highest BCUT2D eigenvalue weighted by molar-refractivity contribution is 5.11. The van der Waals surface area contributed by atoms with Gasteiger partial charge < -0.3 is 10.4 Å². The molecule has 2 N–H and O–H groups in total. The third kappa shape index (κ3) is 1.08. The van der Waals surface area contributed by atoms with Gasteiger partial charge in [-0.2, -0.15) is 0 Å². The number of aliphatic hydroxyl groups is 1. The Balaban J connectivity index is 1.95. The van der Waals surface area contributed by atoms with Crippen molar-refractivity contribution in [1.82, 2.24) is 5.32 Å². The zero-order valence-corrected chi connectivity index (χ0v) is 8.34. The molecule has 2 unspecified atom stereocenters. The summed E-state index contributed by atoms with van der Waals surface area (Å²) in [5, 5.41) is 13.8. The van der Waals surface area contributed by atoms with E-state index in [1.165, 1.54) is 19.3 Å². The molecule has 13 heavy (non-hydrogen) atoms. The summed E-state index contributed by atoms with van der Waals surface area (Å²) < 4.78 is 0. The standard InChI is InChI=1S/C11H19NO/c1-12-10-3-8-2-9(4-10)6-11(13,5-8)7-10/h8-9,12-13H,2-7H2,1H3/t8-,9+,10?,11?. The zero-order chi connectivity index (χ0) is 9.10. The first-order valence-corrected chi connectivity index (χ1v) is 5.54. The summed E-state index contributed by atoms with van der Waals surface area (Å²) in [6.45, 7) is 0. The fourth-order valence-corrected chi connectivity index (χ4v) is 4.51. The highest BCUT2D eigenvalue weighted by Crippen LogP contribution is 2.57. The molecule has 0 aromatic carbocycles. The van der Waals surface area contributed by atoms with E-state index in [0.717, 1.165) is 31.1 Å². The lowest BCUT2D eigenvalue weighted by Crippen LogP contribution is -2.63. The third-order valence-electron chi connectivity index (χ3n) is 4.56. The number of nitrogens with one attached hydrogen (secondary N) is 1. The van der Waals surface area contributed by atoms with Gasteiger partial charge in [0.1, 0.15) is 0 Å². The van der Waals surface area contributed by atoms with Gasteiger partial charge in [0.25, 0.3) is 0 Å². The van der Waals surface area contributed by atoms with Crippen LogP contribution in [0.2, 0.25) is 0 Å². The van der Waals surface area contributed by atoms with E-state index in [1.807, 2.05) is 0 Å². The molecule has 0 heterocycles. The van der Waals surface area contributed by atoms with Crippen molar-refractivity contribution in [2.24, 2.45) is 11.8 Å². The van der Waals surface area contributed by atoms with Gasteiger partial charge in [-0.05, 0) is 57.4 Å². The van der Waals surface area contributed by atoms with Gasteiger partial charge in [-0.25, -0.2) is 0 Å². The van der Waals surface area contributed by atoms with Crippen molar-refractivity contribution in [3.63, 3.8) is 0 Å². The molecule has 74 valence electrons. The first-order chi connectivity index (χ1) is 6.13. The molecule has 4 rings (SSSR count). The van der Waals surface area contributed by atoms with Crippen LogP contribution in [0.3, 0.4) is 0 Å². The monoisotopic (exact) mass is 181 g/mol. The molecular weight excluding hydrogens is 162 g/mol. The second kappa shape index (κ2) is 2.29. The highest BCUT2D eigenvalue weighted by Gasteiger charge is 2.56. The molecule has 4 aliphatic carbocycles. The predicted octanol–water partition coefficient (Wildman–Crippen LogP) is 1.29. The van der Waals surface area contributed by atoms with Crippen molar-refractivity contribution >= 4 is 0 Å². The van der Waals surface area contributed by atoms with Gasteiger partial charge in [0, 0.05) is 5.54 Å². The van der Waals surface area contributed by atoms with Gasteiger partial charge in [0.05, 0.1) is 5.60 Å². The van der Waals surface area contributed by atoms with E-state index in [9.17, 15) is 5.11 Å². The highest BCUT2D eigenvalue weighted by atomic mass is 16.3. The van der Waals surface area contributed by atoms with E-state index in [-0.39, 0.29) is 5.60 Å². The molecule has 4 atom stereocenters. The lowest BCUT2D eigenvalue weighted by Gasteiger charge is -2.60. The largest absolute Gasteiger partial charge is 0.390 e. The smallest absolute Gasteiger partial charge is 0.0670 e. The van der Waals surface area contributed by atoms with E-state index in [1.54, 1.807) is 0 Å². The van der Waals surface area contributed by atoms with E-state index in [4.69, 9.17) is 0 Å². The Bertz CT molecular complexity index is 224. The maximum absolute atomic E-state index is 10.4. The molecule has 4 aliphatic rings. The molecule has 0 saturated heterocycles. The number of rotatable bonds is 1. The Labute approximate surface area is 79.7 Å². The molecule has 2 nitrogen and oxygen atoms in total. The van der Waals surface area contributed by atoms with E-state index in [0.29, 0.717) is 5.54 Å². The summed E-state index contributed by atoms with van der Waals surface area (Å²) in [6.07, 6.45) is 7.15. The van der Waals surface area contributed by atoms with Crippen LogP contribution in [0.1, 0.15) is 38.5 Å². The minimum absolute atomic E-state index is 0.299. The van der Waals surface area contributed by atoms with Crippen LogP contribution < -0.4 is 5.32 Å². The van der Waals surface area contributed by atoms with Gasteiger partial charge in [0.2, 0.25) is 0 Å². The van der Waals surface area contributed by atoms with Crippen molar-refractivity contribution in [2.75, 3.05) is 7.05 Å². The molecule has 0 aromatic heterocycles. The average Bonchev–Trinajstić information content (AvgIpc) is 1.99. The Morgan fingerprint density at radius 1 is 1.15 bits per heavy atom. The maximum atomic E-state index is 10.4. The van der Waals surface area contributed by atoms with Crippen molar-refractivity contribution < 1.29 is 5.11 Å². The SMILES string of the molecule is CNC12C[C@@H]3C[C@@H](CC(O)(C3)C1)C2. The van der Waals surface area contributed by atoms with Crippen LogP contribution in [-0.4, -0.2) is 23.3 Å². The molecule has 4 saturated carbocycles. The fourth-order valence-electron chi connectivity index (χ4n) is 4.51. The molecule has 0 aliphatic heterocycles. The molecule has 2 heteroatoms. The number of hydrogen-bond donors (Lipinski definition) is 2. The molecular formula is C11H19NO. The van der Waals surface area contributed by atoms with Crippen molar-refractivity contribution in [3.05, 3.63) is 0 Å². The minimum Gasteiger partial charge on any atom is -0.390 e. The van der Waals surface area contributed by atoms with Crippen LogP contribution in [-0.2, 0) is 0 Å². The van der Waals surface area contributed by atoms with E-state index < -0.39 is 0 Å². The summed E-state index contributed by atoms with van der Waals surface area (Å²) in [7, 11) is 2.07. The first-order valence-electron chi connectivity index (χ1n) is 5.54. The Hall–Kier alpha value is -0.0800. The van der Waals surface area contributed by atoms with Crippen molar-refractivity contribution in [1.29, 1.82) is 0 Å². The van der Waals surface area contributed by atoms with Crippen LogP contribution in [0.25, 0.3) is 0 Å². The molecule has 4 fully saturated rings. The zero-order valence-electron chi connectivity index (χ0n) is 8.34. The van der Waals surface area contributed by atoms with Crippen LogP contribution in [0.5, 0.6) is 0 Å². The number of hydrogen-bond acceptors (Lipinski definition) is 2. The third-order valence-corrected chi connectivity index (χ3v) is 4.56. The quantitative estimate of drug-likeness (QED) is 0.639. The van der Waals surface area contributed by atoms with E-state index in [2.05, 4.69) is 12.4 Å². The molecule has 0 amide bonds. The molecule has 0 spiro atoms. The van der Waals surface area contributed by atoms with Crippen LogP contribution in [0.4, 0.5) is 0 Å². The van der Waals surface area contributed by atoms with E-state index >= 15 is 0 Å². The molecule has 0 aromatic rings. The van der Waals surface area contributed by atoms with Gasteiger partial charge in [-0.15, -0.1) is 0 Å². The topological polar surface area (TPSA) is 32.3 Å². The lowest BCUT2D eigenvalue weighted by atomic mass is 9.51. The van der Waals surface area contributed by atoms with Gasteiger partial charge >= 0.3 is 0 Å². The molecule has 0 radical (unpaired) electrons. The second-order valence-electron chi connectivity index (χ2n) is 5.72. The fraction of sp³-hybridized carbons (Fsp3) is 1.00. The maximum Gasteiger partial charge on any atom is 0.0670 e. The molecule has 4 bridgehead atoms. The first kappa shape index (κ1) is 8.25. The minimum atomic E-state index is -0.299.